The van der Waals surface area contributed by atoms with Crippen molar-refractivity contribution in [1.29, 1.82) is 0 Å². The highest BCUT2D eigenvalue weighted by Crippen LogP contribution is 2.43. The van der Waals surface area contributed by atoms with Gasteiger partial charge >= 0.3 is 0 Å². The number of ketones is 1. The average Bonchev–Trinajstić information content (AvgIpc) is 3.47. The maximum absolute atomic E-state index is 13.9. The van der Waals surface area contributed by atoms with E-state index in [0.717, 1.165) is 23.1 Å². The summed E-state index contributed by atoms with van der Waals surface area (Å²) in [6, 6.07) is 21.6. The van der Waals surface area contributed by atoms with Gasteiger partial charge in [-0.05, 0) is 52.8 Å². The normalized spacial score (nSPS) is 16.0. The fraction of sp³-hybridized carbons (Fsp3) is 0.250. The van der Waals surface area contributed by atoms with Gasteiger partial charge in [0.15, 0.2) is 22.9 Å². The minimum atomic E-state index is -0.823. The van der Waals surface area contributed by atoms with Crippen molar-refractivity contribution in [3.05, 3.63) is 107 Å². The molecule has 1 atom stereocenters. The molecule has 0 radical (unpaired) electrons. The van der Waals surface area contributed by atoms with Crippen LogP contribution in [0.1, 0.15) is 61.0 Å². The van der Waals surface area contributed by atoms with Gasteiger partial charge < -0.3 is 14.3 Å². The number of para-hydroxylation sites is 1. The van der Waals surface area contributed by atoms with E-state index in [2.05, 4.69) is 27.7 Å². The Labute approximate surface area is 222 Å². The van der Waals surface area contributed by atoms with Crippen LogP contribution in [0.2, 0.25) is 0 Å². The summed E-state index contributed by atoms with van der Waals surface area (Å²) in [4.78, 5) is 28.9. The average molecular weight is 510 g/mol. The Balaban J connectivity index is 1.63. The van der Waals surface area contributed by atoms with Crippen LogP contribution in [0.5, 0.6) is 5.75 Å². The Morgan fingerprint density at radius 2 is 1.71 bits per heavy atom. The van der Waals surface area contributed by atoms with Crippen LogP contribution in [0.3, 0.4) is 0 Å². The maximum Gasteiger partial charge on any atom is 0.294 e. The van der Waals surface area contributed by atoms with E-state index >= 15 is 0 Å². The molecule has 0 bridgehead atoms. The lowest BCUT2D eigenvalue weighted by Crippen LogP contribution is -2.31. The van der Waals surface area contributed by atoms with Gasteiger partial charge in [0.2, 0.25) is 5.78 Å². The molecule has 0 saturated carbocycles. The van der Waals surface area contributed by atoms with E-state index in [1.165, 1.54) is 12.0 Å². The standard InChI is InChI=1S/C32H31NO5/c1-6-19-10-12-20(13-11-19)27-26(28(34)25-18-21-8-7-9-24(37-5)30(21)38-25)29(35)31(36)33(27)23-16-14-22(15-17-23)32(2,3)4/h7-18,27,35H,6H2,1-5H3. The number of methoxy groups -OCH3 is 1. The molecule has 0 saturated heterocycles. The van der Waals surface area contributed by atoms with E-state index < -0.39 is 23.5 Å². The third-order valence-electron chi connectivity index (χ3n) is 7.12. The van der Waals surface area contributed by atoms with Crippen LogP contribution in [0.4, 0.5) is 5.69 Å². The second-order valence-corrected chi connectivity index (χ2v) is 10.6. The molecular formula is C32H31NO5. The Hall–Kier alpha value is -4.32. The first-order valence-corrected chi connectivity index (χ1v) is 12.7. The van der Waals surface area contributed by atoms with Gasteiger partial charge in [0.25, 0.3) is 5.91 Å². The maximum atomic E-state index is 13.9. The lowest BCUT2D eigenvalue weighted by Gasteiger charge is -2.28. The van der Waals surface area contributed by atoms with Gasteiger partial charge in [-0.15, -0.1) is 0 Å². The molecule has 0 spiro atoms. The van der Waals surface area contributed by atoms with Crippen molar-refractivity contribution in [2.24, 2.45) is 0 Å². The number of Topliss-reactive ketones (excluding diaryl/α,β-unsaturated/α-hetero) is 1. The molecule has 1 amide bonds. The van der Waals surface area contributed by atoms with Gasteiger partial charge in [0.05, 0.1) is 18.7 Å². The van der Waals surface area contributed by atoms with Crippen LogP contribution in [0.15, 0.2) is 88.5 Å². The summed E-state index contributed by atoms with van der Waals surface area (Å²) in [6.45, 7) is 8.42. The first-order valence-electron chi connectivity index (χ1n) is 12.7. The van der Waals surface area contributed by atoms with Crippen molar-refractivity contribution >= 4 is 28.3 Å². The number of benzene rings is 3. The number of hydrogen-bond donors (Lipinski definition) is 1. The van der Waals surface area contributed by atoms with Crippen molar-refractivity contribution in [2.45, 2.75) is 45.6 Å². The highest BCUT2D eigenvalue weighted by molar-refractivity contribution is 6.20. The summed E-state index contributed by atoms with van der Waals surface area (Å²) in [7, 11) is 1.53. The zero-order valence-electron chi connectivity index (χ0n) is 22.2. The van der Waals surface area contributed by atoms with Crippen LogP contribution in [0, 0.1) is 0 Å². The largest absolute Gasteiger partial charge is 0.503 e. The number of carbonyl (C=O) groups excluding carboxylic acids is 2. The zero-order chi connectivity index (χ0) is 27.2. The summed E-state index contributed by atoms with van der Waals surface area (Å²) in [5.74, 6) is -1.23. The molecule has 4 aromatic rings. The van der Waals surface area contributed by atoms with Crippen LogP contribution in [-0.2, 0) is 16.6 Å². The molecule has 2 heterocycles. The molecule has 1 N–H and O–H groups in total. The smallest absolute Gasteiger partial charge is 0.294 e. The SMILES string of the molecule is CCc1ccc(C2C(C(=O)c3cc4cccc(OC)c4o3)=C(O)C(=O)N2c2ccc(C(C)(C)C)cc2)cc1. The number of aryl methyl sites for hydroxylation is 1. The molecule has 6 heteroatoms. The number of anilines is 1. The lowest BCUT2D eigenvalue weighted by molar-refractivity contribution is -0.117. The van der Waals surface area contributed by atoms with Crippen molar-refractivity contribution in [3.8, 4) is 5.75 Å². The van der Waals surface area contributed by atoms with Gasteiger partial charge in [-0.25, -0.2) is 0 Å². The summed E-state index contributed by atoms with van der Waals surface area (Å²) < 4.78 is 11.3. The van der Waals surface area contributed by atoms with Crippen molar-refractivity contribution in [3.63, 3.8) is 0 Å². The minimum Gasteiger partial charge on any atom is -0.503 e. The number of aliphatic hydroxyl groups excluding tert-OH is 1. The van der Waals surface area contributed by atoms with Gasteiger partial charge in [-0.3, -0.25) is 14.5 Å². The third kappa shape index (κ3) is 4.26. The molecule has 1 aliphatic heterocycles. The number of rotatable bonds is 6. The topological polar surface area (TPSA) is 80.0 Å². The number of nitrogens with zero attached hydrogens (tertiary/aromatic N) is 1. The van der Waals surface area contributed by atoms with E-state index in [1.54, 1.807) is 12.1 Å². The monoisotopic (exact) mass is 509 g/mol. The number of aliphatic hydroxyl groups is 1. The van der Waals surface area contributed by atoms with E-state index in [-0.39, 0.29) is 16.7 Å². The molecule has 6 nitrogen and oxygen atoms in total. The minimum absolute atomic E-state index is 0.0165. The fourth-order valence-corrected chi connectivity index (χ4v) is 4.92. The van der Waals surface area contributed by atoms with Crippen molar-refractivity contribution in [1.82, 2.24) is 0 Å². The van der Waals surface area contributed by atoms with Gasteiger partial charge in [0.1, 0.15) is 0 Å². The summed E-state index contributed by atoms with van der Waals surface area (Å²) in [6.07, 6.45) is 0.857. The summed E-state index contributed by atoms with van der Waals surface area (Å²) in [5.41, 5.74) is 3.90. The summed E-state index contributed by atoms with van der Waals surface area (Å²) in [5, 5.41) is 11.8. The Bertz CT molecular complexity index is 1550. The van der Waals surface area contributed by atoms with E-state index in [1.807, 2.05) is 60.7 Å². The molecule has 5 rings (SSSR count). The van der Waals surface area contributed by atoms with Crippen LogP contribution in [0.25, 0.3) is 11.0 Å². The third-order valence-corrected chi connectivity index (χ3v) is 7.12. The second-order valence-electron chi connectivity index (χ2n) is 10.6. The molecule has 1 aliphatic rings. The predicted octanol–water partition coefficient (Wildman–Crippen LogP) is 7.08. The molecule has 3 aromatic carbocycles. The van der Waals surface area contributed by atoms with Crippen molar-refractivity contribution in [2.75, 3.05) is 12.0 Å². The Morgan fingerprint density at radius 1 is 1.03 bits per heavy atom. The van der Waals surface area contributed by atoms with E-state index in [9.17, 15) is 14.7 Å². The molecule has 1 unspecified atom stereocenters. The second kappa shape index (κ2) is 9.53. The molecule has 0 fully saturated rings. The number of hydrogen-bond acceptors (Lipinski definition) is 5. The predicted molar refractivity (Wildman–Crippen MR) is 148 cm³/mol. The Morgan fingerprint density at radius 3 is 2.32 bits per heavy atom. The Kier molecular flexibility index (Phi) is 6.35. The van der Waals surface area contributed by atoms with E-state index in [4.69, 9.17) is 9.15 Å². The number of ether oxygens (including phenoxy) is 1. The van der Waals surface area contributed by atoms with Gasteiger partial charge in [-0.1, -0.05) is 76.2 Å². The zero-order valence-corrected chi connectivity index (χ0v) is 22.2. The van der Waals surface area contributed by atoms with Gasteiger partial charge in [-0.2, -0.15) is 0 Å². The highest BCUT2D eigenvalue weighted by atomic mass is 16.5. The van der Waals surface area contributed by atoms with Crippen molar-refractivity contribution < 1.29 is 23.8 Å². The van der Waals surface area contributed by atoms with Gasteiger partial charge in [0, 0.05) is 11.1 Å². The number of furan rings is 1. The quantitative estimate of drug-likeness (QED) is 0.281. The van der Waals surface area contributed by atoms with Crippen LogP contribution < -0.4 is 9.64 Å². The van der Waals surface area contributed by atoms with Crippen LogP contribution >= 0.6 is 0 Å². The molecule has 38 heavy (non-hydrogen) atoms. The molecule has 1 aromatic heterocycles. The highest BCUT2D eigenvalue weighted by Gasteiger charge is 2.45. The lowest BCUT2D eigenvalue weighted by atomic mass is 9.87. The number of fused-ring (bicyclic) bond motifs is 1. The molecule has 0 aliphatic carbocycles. The molecule has 194 valence electrons. The number of amides is 1. The van der Waals surface area contributed by atoms with Crippen LogP contribution in [-0.4, -0.2) is 23.9 Å². The first kappa shape index (κ1) is 25.3. The number of carbonyl (C=O) groups is 2. The first-order chi connectivity index (χ1) is 18.1. The summed E-state index contributed by atoms with van der Waals surface area (Å²) >= 11 is 0. The molecular weight excluding hydrogens is 478 g/mol. The fourth-order valence-electron chi connectivity index (χ4n) is 4.92. The van der Waals surface area contributed by atoms with E-state index in [0.29, 0.717) is 22.4 Å².